The van der Waals surface area contributed by atoms with Crippen molar-refractivity contribution in [1.29, 1.82) is 0 Å². The van der Waals surface area contributed by atoms with Gasteiger partial charge in [-0.05, 0) is 58.1 Å². The molecule has 0 saturated carbocycles. The minimum Gasteiger partial charge on any atom is -0.497 e. The number of hydrogen-bond donors (Lipinski definition) is 1. The van der Waals surface area contributed by atoms with E-state index in [1.165, 1.54) is 5.69 Å². The summed E-state index contributed by atoms with van der Waals surface area (Å²) in [4.78, 5) is 14.4. The van der Waals surface area contributed by atoms with Gasteiger partial charge in [0.05, 0.1) is 12.7 Å². The number of rotatable bonds is 9. The molecule has 0 radical (unpaired) electrons. The van der Waals surface area contributed by atoms with Crippen molar-refractivity contribution in [2.75, 3.05) is 27.7 Å². The van der Waals surface area contributed by atoms with E-state index in [1.54, 1.807) is 7.11 Å². The van der Waals surface area contributed by atoms with Crippen LogP contribution in [0.3, 0.4) is 0 Å². The molecule has 1 heterocycles. The Labute approximate surface area is 156 Å². The van der Waals surface area contributed by atoms with Crippen molar-refractivity contribution in [2.45, 2.75) is 39.7 Å². The lowest BCUT2D eigenvalue weighted by Gasteiger charge is -2.15. The molecule has 0 spiro atoms. The van der Waals surface area contributed by atoms with Gasteiger partial charge in [-0.25, -0.2) is 0 Å². The van der Waals surface area contributed by atoms with E-state index in [2.05, 4.69) is 30.5 Å². The molecule has 0 aliphatic rings. The van der Waals surface area contributed by atoms with Gasteiger partial charge >= 0.3 is 0 Å². The minimum absolute atomic E-state index is 0.364. The average molecular weight is 357 g/mol. The maximum Gasteiger partial charge on any atom is 0.251 e. The fourth-order valence-electron chi connectivity index (χ4n) is 3.51. The van der Waals surface area contributed by atoms with Crippen LogP contribution in [0.2, 0.25) is 0 Å². The van der Waals surface area contributed by atoms with E-state index in [0.717, 1.165) is 54.9 Å². The lowest BCUT2D eigenvalue weighted by Crippen LogP contribution is -2.17. The first-order chi connectivity index (χ1) is 12.4. The number of carbonyl (C=O) groups excluding carboxylic acids is 1. The highest BCUT2D eigenvalue weighted by Gasteiger charge is 2.24. The lowest BCUT2D eigenvalue weighted by atomic mass is 9.98. The Kier molecular flexibility index (Phi) is 6.86. The summed E-state index contributed by atoms with van der Waals surface area (Å²) in [6, 6.07) is 7.86. The molecule has 0 unspecified atom stereocenters. The summed E-state index contributed by atoms with van der Waals surface area (Å²) in [6.45, 7) is 6.05. The fraction of sp³-hybridized carbons (Fsp3) is 0.476. The second-order valence-corrected chi connectivity index (χ2v) is 6.93. The van der Waals surface area contributed by atoms with Crippen LogP contribution in [0.5, 0.6) is 5.75 Å². The van der Waals surface area contributed by atoms with E-state index < -0.39 is 0 Å². The van der Waals surface area contributed by atoms with Gasteiger partial charge in [-0.2, -0.15) is 0 Å². The molecule has 0 saturated heterocycles. The van der Waals surface area contributed by atoms with Crippen molar-refractivity contribution in [3.63, 3.8) is 0 Å². The summed E-state index contributed by atoms with van der Waals surface area (Å²) in [7, 11) is 5.80. The van der Waals surface area contributed by atoms with Crippen LogP contribution in [0.1, 0.15) is 41.5 Å². The second kappa shape index (κ2) is 8.90. The Hall–Kier alpha value is -2.27. The number of benzene rings is 1. The minimum atomic E-state index is -0.364. The van der Waals surface area contributed by atoms with Gasteiger partial charge < -0.3 is 19.9 Å². The molecule has 0 aliphatic heterocycles. The number of aromatic nitrogens is 1. The highest BCUT2D eigenvalue weighted by atomic mass is 16.5. The normalized spacial score (nSPS) is 11.2. The van der Waals surface area contributed by atoms with Gasteiger partial charge in [0.1, 0.15) is 5.75 Å². The number of primary amides is 1. The average Bonchev–Trinajstić information content (AvgIpc) is 2.88. The topological polar surface area (TPSA) is 60.5 Å². The molecule has 2 N–H and O–H groups in total. The quantitative estimate of drug-likeness (QED) is 0.747. The van der Waals surface area contributed by atoms with Crippen LogP contribution < -0.4 is 10.5 Å². The van der Waals surface area contributed by atoms with Crippen molar-refractivity contribution in [3.8, 4) is 16.9 Å². The first-order valence-electron chi connectivity index (χ1n) is 9.21. The highest BCUT2D eigenvalue weighted by molar-refractivity contribution is 6.02. The SMILES string of the molecule is CCCc1c(-c2ccc(OC)cc2)c(C(N)=O)c(C)n1CCCN(C)C. The molecule has 0 atom stereocenters. The van der Waals surface area contributed by atoms with Gasteiger partial charge in [0.2, 0.25) is 0 Å². The van der Waals surface area contributed by atoms with E-state index in [1.807, 2.05) is 31.2 Å². The van der Waals surface area contributed by atoms with Crippen molar-refractivity contribution in [2.24, 2.45) is 5.73 Å². The van der Waals surface area contributed by atoms with Crippen LogP contribution in [0.4, 0.5) is 0 Å². The van der Waals surface area contributed by atoms with Gasteiger partial charge in [-0.1, -0.05) is 25.5 Å². The molecule has 2 aromatic rings. The van der Waals surface area contributed by atoms with Crippen molar-refractivity contribution >= 4 is 5.91 Å². The zero-order valence-electron chi connectivity index (χ0n) is 16.6. The van der Waals surface area contributed by atoms with Crippen molar-refractivity contribution < 1.29 is 9.53 Å². The number of carbonyl (C=O) groups is 1. The molecular weight excluding hydrogens is 326 g/mol. The number of hydrogen-bond acceptors (Lipinski definition) is 3. The number of methoxy groups -OCH3 is 1. The summed E-state index contributed by atoms with van der Waals surface area (Å²) >= 11 is 0. The smallest absolute Gasteiger partial charge is 0.251 e. The molecule has 2 rings (SSSR count). The van der Waals surface area contributed by atoms with Gasteiger partial charge in [-0.15, -0.1) is 0 Å². The molecular formula is C21H31N3O2. The van der Waals surface area contributed by atoms with Crippen molar-refractivity contribution in [1.82, 2.24) is 9.47 Å². The highest BCUT2D eigenvalue weighted by Crippen LogP contribution is 2.34. The third-order valence-electron chi connectivity index (χ3n) is 4.73. The van der Waals surface area contributed by atoms with Gasteiger partial charge in [-0.3, -0.25) is 4.79 Å². The van der Waals surface area contributed by atoms with E-state index in [-0.39, 0.29) is 5.91 Å². The zero-order chi connectivity index (χ0) is 19.3. The van der Waals surface area contributed by atoms with Crippen LogP contribution in [-0.2, 0) is 13.0 Å². The summed E-state index contributed by atoms with van der Waals surface area (Å²) in [5, 5.41) is 0. The van der Waals surface area contributed by atoms with Crippen LogP contribution in [0, 0.1) is 6.92 Å². The Morgan fingerprint density at radius 3 is 2.38 bits per heavy atom. The van der Waals surface area contributed by atoms with Gasteiger partial charge in [0, 0.05) is 23.5 Å². The summed E-state index contributed by atoms with van der Waals surface area (Å²) in [6.07, 6.45) is 2.95. The van der Waals surface area contributed by atoms with Crippen LogP contribution in [0.25, 0.3) is 11.1 Å². The summed E-state index contributed by atoms with van der Waals surface area (Å²) in [5.74, 6) is 0.436. The Bertz CT molecular complexity index is 746. The summed E-state index contributed by atoms with van der Waals surface area (Å²) < 4.78 is 7.55. The number of nitrogens with two attached hydrogens (primary N) is 1. The Morgan fingerprint density at radius 1 is 1.23 bits per heavy atom. The number of ether oxygens (including phenoxy) is 1. The lowest BCUT2D eigenvalue weighted by molar-refractivity contribution is 0.1000. The molecule has 5 heteroatoms. The number of amides is 1. The van der Waals surface area contributed by atoms with E-state index in [0.29, 0.717) is 5.56 Å². The predicted octanol–water partition coefficient (Wildman–Crippen LogP) is 3.48. The third-order valence-corrected chi connectivity index (χ3v) is 4.73. The van der Waals surface area contributed by atoms with Crippen LogP contribution >= 0.6 is 0 Å². The first kappa shape index (κ1) is 20.0. The number of nitrogens with zero attached hydrogens (tertiary/aromatic N) is 2. The molecule has 1 aromatic heterocycles. The molecule has 0 bridgehead atoms. The molecule has 1 aromatic carbocycles. The molecule has 142 valence electrons. The third kappa shape index (κ3) is 4.28. The maximum absolute atomic E-state index is 12.3. The van der Waals surface area contributed by atoms with E-state index >= 15 is 0 Å². The standard InChI is InChI=1S/C21H31N3O2/c1-6-8-18-20(16-9-11-17(26-5)12-10-16)19(21(22)25)15(2)24(18)14-7-13-23(3)4/h9-12H,6-8,13-14H2,1-5H3,(H2,22,25). The van der Waals surface area contributed by atoms with Crippen molar-refractivity contribution in [3.05, 3.63) is 41.2 Å². The Balaban J connectivity index is 2.57. The monoisotopic (exact) mass is 357 g/mol. The first-order valence-corrected chi connectivity index (χ1v) is 9.21. The predicted molar refractivity (Wildman–Crippen MR) is 107 cm³/mol. The Morgan fingerprint density at radius 2 is 1.88 bits per heavy atom. The molecule has 1 amide bonds. The molecule has 5 nitrogen and oxygen atoms in total. The van der Waals surface area contributed by atoms with E-state index in [4.69, 9.17) is 10.5 Å². The largest absolute Gasteiger partial charge is 0.497 e. The van der Waals surface area contributed by atoms with Gasteiger partial charge in [0.15, 0.2) is 0 Å². The summed E-state index contributed by atoms with van der Waals surface area (Å²) in [5.41, 5.74) is 10.6. The van der Waals surface area contributed by atoms with E-state index in [9.17, 15) is 4.79 Å². The second-order valence-electron chi connectivity index (χ2n) is 6.93. The molecule has 0 aliphatic carbocycles. The fourth-order valence-corrected chi connectivity index (χ4v) is 3.51. The maximum atomic E-state index is 12.3. The molecule has 26 heavy (non-hydrogen) atoms. The molecule has 0 fully saturated rings. The van der Waals surface area contributed by atoms with Crippen LogP contribution in [-0.4, -0.2) is 43.1 Å². The zero-order valence-corrected chi connectivity index (χ0v) is 16.6. The van der Waals surface area contributed by atoms with Gasteiger partial charge in [0.25, 0.3) is 5.91 Å². The van der Waals surface area contributed by atoms with Crippen LogP contribution in [0.15, 0.2) is 24.3 Å².